The third kappa shape index (κ3) is 2.24. The Hall–Kier alpha value is -3.09. The molecular formula is C13H9NO6. The number of nitro groups is 1. The molecule has 20 heavy (non-hydrogen) atoms. The smallest absolute Gasteiger partial charge is 0.270 e. The van der Waals surface area contributed by atoms with Crippen LogP contribution in [0.2, 0.25) is 0 Å². The Morgan fingerprint density at radius 3 is 2.40 bits per heavy atom. The van der Waals surface area contributed by atoms with Gasteiger partial charge in [0.1, 0.15) is 0 Å². The first kappa shape index (κ1) is 13.3. The molecule has 0 unspecified atom stereocenters. The lowest BCUT2D eigenvalue weighted by molar-refractivity contribution is -0.384. The van der Waals surface area contributed by atoms with Gasteiger partial charge in [0.15, 0.2) is 17.3 Å². The number of non-ortho nitro benzene ring substituents is 1. The molecule has 0 spiro atoms. The SMILES string of the molecule is O=C(c1cccc([N+](=O)[O-])c1)c1ccc(O)c(O)c1O. The summed E-state index contributed by atoms with van der Waals surface area (Å²) in [6.45, 7) is 0. The Kier molecular flexibility index (Phi) is 3.26. The first-order valence-electron chi connectivity index (χ1n) is 5.45. The van der Waals surface area contributed by atoms with Gasteiger partial charge >= 0.3 is 0 Å². The van der Waals surface area contributed by atoms with E-state index >= 15 is 0 Å². The molecule has 3 N–H and O–H groups in total. The summed E-state index contributed by atoms with van der Waals surface area (Å²) in [6, 6.07) is 7.13. The van der Waals surface area contributed by atoms with Crippen molar-refractivity contribution >= 4 is 11.5 Å². The summed E-state index contributed by atoms with van der Waals surface area (Å²) in [5.41, 5.74) is -0.543. The second-order valence-corrected chi connectivity index (χ2v) is 3.97. The van der Waals surface area contributed by atoms with Crippen molar-refractivity contribution in [3.05, 3.63) is 57.6 Å². The molecule has 102 valence electrons. The zero-order valence-corrected chi connectivity index (χ0v) is 9.98. The van der Waals surface area contributed by atoms with E-state index in [2.05, 4.69) is 0 Å². The van der Waals surface area contributed by atoms with Gasteiger partial charge in [-0.2, -0.15) is 0 Å². The van der Waals surface area contributed by atoms with Crippen LogP contribution in [-0.2, 0) is 0 Å². The molecule has 7 nitrogen and oxygen atoms in total. The average Bonchev–Trinajstić information content (AvgIpc) is 2.44. The van der Waals surface area contributed by atoms with Gasteiger partial charge in [-0.05, 0) is 12.1 Å². The molecule has 0 aliphatic carbocycles. The van der Waals surface area contributed by atoms with Crippen molar-refractivity contribution in [2.24, 2.45) is 0 Å². The van der Waals surface area contributed by atoms with E-state index in [1.807, 2.05) is 0 Å². The minimum Gasteiger partial charge on any atom is -0.504 e. The number of benzene rings is 2. The van der Waals surface area contributed by atoms with E-state index < -0.39 is 28.0 Å². The third-order valence-corrected chi connectivity index (χ3v) is 2.69. The Bertz CT molecular complexity index is 710. The molecule has 2 aromatic carbocycles. The maximum atomic E-state index is 12.1. The van der Waals surface area contributed by atoms with E-state index in [0.29, 0.717) is 0 Å². The van der Waals surface area contributed by atoms with Crippen LogP contribution in [-0.4, -0.2) is 26.0 Å². The lowest BCUT2D eigenvalue weighted by Gasteiger charge is -2.06. The van der Waals surface area contributed by atoms with Crippen LogP contribution in [0.4, 0.5) is 5.69 Å². The normalized spacial score (nSPS) is 10.2. The molecule has 0 fully saturated rings. The topological polar surface area (TPSA) is 121 Å². The van der Waals surface area contributed by atoms with Crippen LogP contribution in [0.1, 0.15) is 15.9 Å². The van der Waals surface area contributed by atoms with Gasteiger partial charge in [-0.3, -0.25) is 14.9 Å². The number of hydrogen-bond acceptors (Lipinski definition) is 6. The Morgan fingerprint density at radius 2 is 1.75 bits per heavy atom. The largest absolute Gasteiger partial charge is 0.504 e. The molecule has 0 amide bonds. The molecule has 0 heterocycles. The summed E-state index contributed by atoms with van der Waals surface area (Å²) in [7, 11) is 0. The van der Waals surface area contributed by atoms with Crippen molar-refractivity contribution in [3.8, 4) is 17.2 Å². The predicted octanol–water partition coefficient (Wildman–Crippen LogP) is 1.94. The fraction of sp³-hybridized carbons (Fsp3) is 0. The number of nitro benzene ring substituents is 1. The first-order valence-corrected chi connectivity index (χ1v) is 5.45. The van der Waals surface area contributed by atoms with Crippen molar-refractivity contribution < 1.29 is 25.0 Å². The molecule has 2 aromatic rings. The summed E-state index contributed by atoms with van der Waals surface area (Å²) < 4.78 is 0. The van der Waals surface area contributed by atoms with Gasteiger partial charge in [-0.25, -0.2) is 0 Å². The average molecular weight is 275 g/mol. The van der Waals surface area contributed by atoms with E-state index in [4.69, 9.17) is 0 Å². The summed E-state index contributed by atoms with van der Waals surface area (Å²) in [5, 5.41) is 38.8. The maximum absolute atomic E-state index is 12.1. The lowest BCUT2D eigenvalue weighted by Crippen LogP contribution is -2.02. The van der Waals surface area contributed by atoms with Crippen LogP contribution in [0.25, 0.3) is 0 Å². The number of phenols is 3. The van der Waals surface area contributed by atoms with Gasteiger partial charge in [0.25, 0.3) is 5.69 Å². The molecule has 0 aliphatic rings. The number of ketones is 1. The van der Waals surface area contributed by atoms with Crippen LogP contribution in [0.3, 0.4) is 0 Å². The highest BCUT2D eigenvalue weighted by Crippen LogP contribution is 2.38. The van der Waals surface area contributed by atoms with Crippen molar-refractivity contribution in [2.45, 2.75) is 0 Å². The van der Waals surface area contributed by atoms with E-state index in [1.165, 1.54) is 18.2 Å². The third-order valence-electron chi connectivity index (χ3n) is 2.69. The van der Waals surface area contributed by atoms with Crippen molar-refractivity contribution in [1.29, 1.82) is 0 Å². The summed E-state index contributed by atoms with van der Waals surface area (Å²) in [4.78, 5) is 22.1. The minimum atomic E-state index is -0.818. The van der Waals surface area contributed by atoms with E-state index in [9.17, 15) is 30.2 Å². The highest BCUT2D eigenvalue weighted by atomic mass is 16.6. The Labute approximate surface area is 112 Å². The van der Waals surface area contributed by atoms with Crippen LogP contribution in [0, 0.1) is 10.1 Å². The van der Waals surface area contributed by atoms with Gasteiger partial charge < -0.3 is 15.3 Å². The molecule has 0 saturated heterocycles. The molecule has 0 atom stereocenters. The fourth-order valence-electron chi connectivity index (χ4n) is 1.67. The van der Waals surface area contributed by atoms with Gasteiger partial charge in [0.05, 0.1) is 10.5 Å². The second kappa shape index (κ2) is 4.88. The Balaban J connectivity index is 2.49. The summed E-state index contributed by atoms with van der Waals surface area (Å²) in [5.74, 6) is -2.87. The molecule has 7 heteroatoms. The highest BCUT2D eigenvalue weighted by molar-refractivity contribution is 6.11. The number of rotatable bonds is 3. The second-order valence-electron chi connectivity index (χ2n) is 3.97. The van der Waals surface area contributed by atoms with Crippen LogP contribution < -0.4 is 0 Å². The number of hydrogen-bond donors (Lipinski definition) is 3. The maximum Gasteiger partial charge on any atom is 0.270 e. The van der Waals surface area contributed by atoms with Crippen molar-refractivity contribution in [3.63, 3.8) is 0 Å². The number of aromatic hydroxyl groups is 3. The van der Waals surface area contributed by atoms with Crippen LogP contribution in [0.5, 0.6) is 17.2 Å². The minimum absolute atomic E-state index is 0.0143. The first-order chi connectivity index (χ1) is 9.41. The van der Waals surface area contributed by atoms with Gasteiger partial charge in [0.2, 0.25) is 5.75 Å². The van der Waals surface area contributed by atoms with Crippen LogP contribution >= 0.6 is 0 Å². The lowest BCUT2D eigenvalue weighted by atomic mass is 10.0. The van der Waals surface area contributed by atoms with Crippen LogP contribution in [0.15, 0.2) is 36.4 Å². The summed E-state index contributed by atoms with van der Waals surface area (Å²) >= 11 is 0. The number of carbonyl (C=O) groups is 1. The zero-order chi connectivity index (χ0) is 14.9. The van der Waals surface area contributed by atoms with Gasteiger partial charge in [0, 0.05) is 17.7 Å². The molecule has 0 aromatic heterocycles. The fourth-order valence-corrected chi connectivity index (χ4v) is 1.67. The van der Waals surface area contributed by atoms with E-state index in [1.54, 1.807) is 0 Å². The Morgan fingerprint density at radius 1 is 1.05 bits per heavy atom. The highest BCUT2D eigenvalue weighted by Gasteiger charge is 2.20. The number of carbonyl (C=O) groups excluding carboxylic acids is 1. The van der Waals surface area contributed by atoms with E-state index in [-0.39, 0.29) is 16.8 Å². The number of nitrogens with zero attached hydrogens (tertiary/aromatic N) is 1. The van der Waals surface area contributed by atoms with E-state index in [0.717, 1.165) is 18.2 Å². The van der Waals surface area contributed by atoms with Gasteiger partial charge in [-0.15, -0.1) is 0 Å². The molecule has 0 radical (unpaired) electrons. The standard InChI is InChI=1S/C13H9NO6/c15-10-5-4-9(12(17)13(10)18)11(16)7-2-1-3-8(6-7)14(19)20/h1-6,15,17-18H. The monoisotopic (exact) mass is 275 g/mol. The quantitative estimate of drug-likeness (QED) is 0.340. The molecule has 0 bridgehead atoms. The van der Waals surface area contributed by atoms with Crippen molar-refractivity contribution in [2.75, 3.05) is 0 Å². The molecule has 0 saturated carbocycles. The van der Waals surface area contributed by atoms with Gasteiger partial charge in [-0.1, -0.05) is 12.1 Å². The molecule has 0 aliphatic heterocycles. The van der Waals surface area contributed by atoms with Crippen molar-refractivity contribution in [1.82, 2.24) is 0 Å². The zero-order valence-electron chi connectivity index (χ0n) is 9.98. The number of phenolic OH excluding ortho intramolecular Hbond substituents is 3. The predicted molar refractivity (Wildman–Crippen MR) is 68.0 cm³/mol. The summed E-state index contributed by atoms with van der Waals surface area (Å²) in [6.07, 6.45) is 0. The molecule has 2 rings (SSSR count). The molecular weight excluding hydrogens is 266 g/mol.